The first-order valence-corrected chi connectivity index (χ1v) is 7.52. The van der Waals surface area contributed by atoms with Gasteiger partial charge in [0.05, 0.1) is 0 Å². The average Bonchev–Trinajstić information content (AvgIpc) is 2.88. The van der Waals surface area contributed by atoms with E-state index < -0.39 is 0 Å². The predicted octanol–water partition coefficient (Wildman–Crippen LogP) is 2.77. The molecule has 1 aromatic rings. The summed E-state index contributed by atoms with van der Waals surface area (Å²) in [5.74, 6) is 0. The van der Waals surface area contributed by atoms with Gasteiger partial charge in [-0.1, -0.05) is 6.58 Å². The molecule has 96 valence electrons. The van der Waals surface area contributed by atoms with E-state index in [9.17, 15) is 0 Å². The third-order valence-electron chi connectivity index (χ3n) is 3.70. The maximum absolute atomic E-state index is 5.27. The predicted molar refractivity (Wildman–Crippen MR) is 79.3 cm³/mol. The van der Waals surface area contributed by atoms with E-state index in [0.717, 1.165) is 0 Å². The highest BCUT2D eigenvalue weighted by atomic mass is 32.1. The average molecular weight is 279 g/mol. The number of aryl methyl sites for hydroxylation is 2. The Morgan fingerprint density at radius 1 is 1.44 bits per heavy atom. The second-order valence-electron chi connectivity index (χ2n) is 4.75. The van der Waals surface area contributed by atoms with E-state index in [2.05, 4.69) is 24.4 Å². The summed E-state index contributed by atoms with van der Waals surface area (Å²) in [7, 11) is 0. The molecule has 0 bridgehead atoms. The fourth-order valence-corrected chi connectivity index (χ4v) is 4.40. The Balaban J connectivity index is 2.04. The van der Waals surface area contributed by atoms with Crippen LogP contribution in [0.2, 0.25) is 0 Å². The Morgan fingerprint density at radius 2 is 2.22 bits per heavy atom. The monoisotopic (exact) mass is 279 g/mol. The lowest BCUT2D eigenvalue weighted by Crippen LogP contribution is -2.27. The number of fused-ring (bicyclic) bond motifs is 1. The first-order chi connectivity index (χ1) is 8.72. The zero-order valence-corrected chi connectivity index (χ0v) is 12.1. The summed E-state index contributed by atoms with van der Waals surface area (Å²) in [6, 6.07) is 0. The molecule has 0 amide bonds. The molecule has 1 aromatic heterocycles. The molecule has 0 saturated carbocycles. The molecule has 1 atom stereocenters. The van der Waals surface area contributed by atoms with E-state index >= 15 is 0 Å². The van der Waals surface area contributed by atoms with Crippen LogP contribution in [-0.2, 0) is 12.8 Å². The van der Waals surface area contributed by atoms with Crippen LogP contribution in [0, 0.1) is 6.92 Å². The Hall–Kier alpha value is -0.910. The molecular weight excluding hydrogens is 262 g/mol. The SMILES string of the molecule is C=CN1C(=S)NNC1c1c(C)sc2c1CCCC2. The molecule has 0 radical (unpaired) electrons. The fourth-order valence-electron chi connectivity index (χ4n) is 2.87. The molecule has 5 heteroatoms. The quantitative estimate of drug-likeness (QED) is 0.814. The molecule has 1 aliphatic heterocycles. The van der Waals surface area contributed by atoms with Crippen LogP contribution in [0.1, 0.15) is 39.9 Å². The summed E-state index contributed by atoms with van der Waals surface area (Å²) in [6.07, 6.45) is 6.96. The minimum atomic E-state index is 0.105. The molecule has 2 aliphatic rings. The summed E-state index contributed by atoms with van der Waals surface area (Å²) in [5.41, 5.74) is 9.25. The van der Waals surface area contributed by atoms with Gasteiger partial charge < -0.3 is 4.90 Å². The minimum absolute atomic E-state index is 0.105. The molecule has 3 rings (SSSR count). The highest BCUT2D eigenvalue weighted by molar-refractivity contribution is 7.80. The Morgan fingerprint density at radius 3 is 3.00 bits per heavy atom. The van der Waals surface area contributed by atoms with Gasteiger partial charge in [0.2, 0.25) is 0 Å². The van der Waals surface area contributed by atoms with Crippen molar-refractivity contribution in [1.29, 1.82) is 0 Å². The fraction of sp³-hybridized carbons (Fsp3) is 0.462. The molecule has 1 saturated heterocycles. The van der Waals surface area contributed by atoms with Crippen molar-refractivity contribution in [3.63, 3.8) is 0 Å². The number of hydrogen-bond donors (Lipinski definition) is 2. The van der Waals surface area contributed by atoms with Crippen LogP contribution in [0.4, 0.5) is 0 Å². The van der Waals surface area contributed by atoms with Crippen LogP contribution >= 0.6 is 23.6 Å². The molecule has 18 heavy (non-hydrogen) atoms. The van der Waals surface area contributed by atoms with Crippen molar-refractivity contribution < 1.29 is 0 Å². The van der Waals surface area contributed by atoms with Gasteiger partial charge in [-0.2, -0.15) is 0 Å². The van der Waals surface area contributed by atoms with E-state index in [-0.39, 0.29) is 6.17 Å². The summed E-state index contributed by atoms with van der Waals surface area (Å²) >= 11 is 7.22. The van der Waals surface area contributed by atoms with Crippen molar-refractivity contribution in [2.24, 2.45) is 0 Å². The Kier molecular flexibility index (Phi) is 3.13. The van der Waals surface area contributed by atoms with E-state index in [1.165, 1.54) is 36.1 Å². The Bertz CT molecular complexity index is 507. The van der Waals surface area contributed by atoms with Crippen LogP contribution in [0.3, 0.4) is 0 Å². The van der Waals surface area contributed by atoms with Gasteiger partial charge in [-0.05, 0) is 50.4 Å². The van der Waals surface area contributed by atoms with Crippen molar-refractivity contribution in [1.82, 2.24) is 15.8 Å². The van der Waals surface area contributed by atoms with Crippen molar-refractivity contribution in [2.75, 3.05) is 0 Å². The maximum Gasteiger partial charge on any atom is 0.189 e. The van der Waals surface area contributed by atoms with Crippen molar-refractivity contribution in [3.05, 3.63) is 33.7 Å². The summed E-state index contributed by atoms with van der Waals surface area (Å²) in [6.45, 7) is 6.07. The molecular formula is C13H17N3S2. The number of hydrazine groups is 1. The number of nitrogens with one attached hydrogen (secondary N) is 2. The smallest absolute Gasteiger partial charge is 0.189 e. The van der Waals surface area contributed by atoms with Crippen LogP contribution in [-0.4, -0.2) is 10.0 Å². The Labute approximate surface area is 117 Å². The molecule has 1 unspecified atom stereocenters. The van der Waals surface area contributed by atoms with Gasteiger partial charge in [0.15, 0.2) is 5.11 Å². The topological polar surface area (TPSA) is 27.3 Å². The second kappa shape index (κ2) is 4.64. The highest BCUT2D eigenvalue weighted by Gasteiger charge is 2.32. The first-order valence-electron chi connectivity index (χ1n) is 6.30. The summed E-state index contributed by atoms with van der Waals surface area (Å²) in [5, 5.41) is 0.699. The normalized spacial score (nSPS) is 22.8. The van der Waals surface area contributed by atoms with Gasteiger partial charge in [0.1, 0.15) is 6.17 Å². The van der Waals surface area contributed by atoms with E-state index in [0.29, 0.717) is 5.11 Å². The van der Waals surface area contributed by atoms with Crippen molar-refractivity contribution >= 4 is 28.7 Å². The second-order valence-corrected chi connectivity index (χ2v) is 6.44. The van der Waals surface area contributed by atoms with Crippen LogP contribution in [0.5, 0.6) is 0 Å². The van der Waals surface area contributed by atoms with E-state index in [4.69, 9.17) is 12.2 Å². The van der Waals surface area contributed by atoms with Gasteiger partial charge in [0, 0.05) is 21.5 Å². The third-order valence-corrected chi connectivity index (χ3v) is 5.23. The number of thiocarbonyl (C=S) groups is 1. The minimum Gasteiger partial charge on any atom is -0.303 e. The van der Waals surface area contributed by atoms with Gasteiger partial charge >= 0.3 is 0 Å². The standard InChI is InChI=1S/C13H17N3S2/c1-3-16-12(14-15-13(16)17)11-8(2)18-10-7-5-4-6-9(10)11/h3,12,14H,1,4-7H2,2H3,(H,15,17). The molecule has 2 heterocycles. The number of hydrogen-bond acceptors (Lipinski definition) is 3. The molecule has 0 spiro atoms. The number of rotatable bonds is 2. The van der Waals surface area contributed by atoms with Gasteiger partial charge in [0.25, 0.3) is 0 Å². The number of thiophene rings is 1. The zero-order valence-electron chi connectivity index (χ0n) is 10.5. The van der Waals surface area contributed by atoms with Gasteiger partial charge in [-0.25, -0.2) is 5.43 Å². The molecule has 0 aromatic carbocycles. The zero-order chi connectivity index (χ0) is 12.7. The van der Waals surface area contributed by atoms with Crippen LogP contribution in [0.25, 0.3) is 0 Å². The lowest BCUT2D eigenvalue weighted by Gasteiger charge is -2.22. The highest BCUT2D eigenvalue weighted by Crippen LogP contribution is 2.39. The maximum atomic E-state index is 5.27. The van der Waals surface area contributed by atoms with Crippen LogP contribution < -0.4 is 10.9 Å². The summed E-state index contributed by atoms with van der Waals surface area (Å²) < 4.78 is 0. The van der Waals surface area contributed by atoms with Crippen LogP contribution in [0.15, 0.2) is 12.8 Å². The number of nitrogens with zero attached hydrogens (tertiary/aromatic N) is 1. The van der Waals surface area contributed by atoms with E-state index in [1.807, 2.05) is 16.2 Å². The molecule has 1 fully saturated rings. The summed E-state index contributed by atoms with van der Waals surface area (Å²) in [4.78, 5) is 4.97. The first kappa shape index (κ1) is 12.1. The largest absolute Gasteiger partial charge is 0.303 e. The molecule has 3 nitrogen and oxygen atoms in total. The van der Waals surface area contributed by atoms with Crippen molar-refractivity contribution in [3.8, 4) is 0 Å². The molecule has 2 N–H and O–H groups in total. The third kappa shape index (κ3) is 1.77. The van der Waals surface area contributed by atoms with E-state index in [1.54, 1.807) is 16.6 Å². The van der Waals surface area contributed by atoms with Crippen molar-refractivity contribution in [2.45, 2.75) is 38.8 Å². The molecule has 1 aliphatic carbocycles. The van der Waals surface area contributed by atoms with Gasteiger partial charge in [-0.15, -0.1) is 11.3 Å². The lowest BCUT2D eigenvalue weighted by atomic mass is 9.93. The lowest BCUT2D eigenvalue weighted by molar-refractivity contribution is 0.395. The van der Waals surface area contributed by atoms with Gasteiger partial charge in [-0.3, -0.25) is 5.43 Å².